The van der Waals surface area contributed by atoms with Crippen molar-refractivity contribution in [3.63, 3.8) is 0 Å². The first-order chi connectivity index (χ1) is 12.1. The van der Waals surface area contributed by atoms with Gasteiger partial charge in [0.05, 0.1) is 19.3 Å². The van der Waals surface area contributed by atoms with Gasteiger partial charge in [0.1, 0.15) is 0 Å². The first kappa shape index (κ1) is 22.0. The summed E-state index contributed by atoms with van der Waals surface area (Å²) in [5, 5.41) is 11.0. The second-order valence-corrected chi connectivity index (χ2v) is 9.58. The zero-order valence-corrected chi connectivity index (χ0v) is 21.8. The summed E-state index contributed by atoms with van der Waals surface area (Å²) in [7, 11) is 0. The summed E-state index contributed by atoms with van der Waals surface area (Å²) in [6, 6.07) is 0. The van der Waals surface area contributed by atoms with Gasteiger partial charge in [-0.15, -0.1) is 0 Å². The van der Waals surface area contributed by atoms with Gasteiger partial charge < -0.3 is 14.6 Å². The predicted octanol–water partition coefficient (Wildman–Crippen LogP) is 4.63. The van der Waals surface area contributed by atoms with Gasteiger partial charge in [-0.05, 0) is 80.5 Å². The molecule has 0 aromatic rings. The summed E-state index contributed by atoms with van der Waals surface area (Å²) < 4.78 is 11.7. The fourth-order valence-corrected chi connectivity index (χ4v) is 7.33. The molecule has 4 fully saturated rings. The van der Waals surface area contributed by atoms with E-state index in [2.05, 4.69) is 13.8 Å². The molecular formula is C22H38AcO3. The third-order valence-corrected chi connectivity index (χ3v) is 8.42. The number of rotatable bonds is 6. The summed E-state index contributed by atoms with van der Waals surface area (Å²) >= 11 is 0. The van der Waals surface area contributed by atoms with E-state index in [0.29, 0.717) is 5.92 Å². The number of aliphatic hydroxyl groups excluding tert-OH is 1. The molecular weight excluding hydrogens is 539 g/mol. The standard InChI is InChI=1S/C22H38O3.Ac/c1-4-14-11-15(5-2)21-18-13-16(20(14)21)12-17(18)19(23)7-8-22(3)24-9-6-10-25-22;/h14-21,23H,4-13H2,1-3H3;. The van der Waals surface area contributed by atoms with Crippen LogP contribution in [0.4, 0.5) is 0 Å². The van der Waals surface area contributed by atoms with Gasteiger partial charge in [-0.2, -0.15) is 0 Å². The molecule has 1 radical (unpaired) electrons. The average molecular weight is 578 g/mol. The molecule has 3 aliphatic carbocycles. The Kier molecular flexibility index (Phi) is 7.61. The van der Waals surface area contributed by atoms with E-state index in [-0.39, 0.29) is 50.2 Å². The summed E-state index contributed by atoms with van der Waals surface area (Å²) in [6.07, 6.45) is 9.31. The Labute approximate surface area is 195 Å². The molecule has 4 aliphatic rings. The maximum absolute atomic E-state index is 11.0. The summed E-state index contributed by atoms with van der Waals surface area (Å²) in [5.74, 6) is 5.52. The summed E-state index contributed by atoms with van der Waals surface area (Å²) in [5.41, 5.74) is 0. The molecule has 1 aliphatic heterocycles. The van der Waals surface area contributed by atoms with Crippen molar-refractivity contribution in [2.24, 2.45) is 41.4 Å². The van der Waals surface area contributed by atoms with Crippen LogP contribution >= 0.6 is 0 Å². The van der Waals surface area contributed by atoms with Gasteiger partial charge in [0.25, 0.3) is 0 Å². The van der Waals surface area contributed by atoms with Crippen LogP contribution in [0.25, 0.3) is 0 Å². The molecule has 0 aromatic heterocycles. The van der Waals surface area contributed by atoms with Gasteiger partial charge in [-0.3, -0.25) is 0 Å². The van der Waals surface area contributed by atoms with Crippen molar-refractivity contribution in [1.82, 2.24) is 0 Å². The van der Waals surface area contributed by atoms with Crippen LogP contribution in [0.3, 0.4) is 0 Å². The smallest absolute Gasteiger partial charge is 0.165 e. The predicted molar refractivity (Wildman–Crippen MR) is 99.0 cm³/mol. The molecule has 0 amide bonds. The van der Waals surface area contributed by atoms with Crippen molar-refractivity contribution in [2.45, 2.75) is 84.0 Å². The molecule has 1 N–H and O–H groups in total. The Morgan fingerprint density at radius 2 is 1.65 bits per heavy atom. The van der Waals surface area contributed by atoms with E-state index < -0.39 is 5.79 Å². The van der Waals surface area contributed by atoms with Gasteiger partial charge >= 0.3 is 0 Å². The minimum absolute atomic E-state index is 0. The normalized spacial score (nSPS) is 44.5. The largest absolute Gasteiger partial charge is 0.393 e. The van der Waals surface area contributed by atoms with Crippen molar-refractivity contribution in [2.75, 3.05) is 13.2 Å². The molecule has 8 atom stereocenters. The van der Waals surface area contributed by atoms with Crippen molar-refractivity contribution >= 4 is 0 Å². The van der Waals surface area contributed by atoms with E-state index in [1.807, 2.05) is 6.92 Å². The van der Waals surface area contributed by atoms with Gasteiger partial charge in [0.2, 0.25) is 0 Å². The monoisotopic (exact) mass is 577 g/mol. The molecule has 147 valence electrons. The molecule has 0 aromatic carbocycles. The fraction of sp³-hybridized carbons (Fsp3) is 1.00. The van der Waals surface area contributed by atoms with Crippen LogP contribution in [-0.4, -0.2) is 30.2 Å². The first-order valence-corrected chi connectivity index (χ1v) is 11.0. The zero-order chi connectivity index (χ0) is 17.6. The van der Waals surface area contributed by atoms with Crippen LogP contribution in [0, 0.1) is 85.5 Å². The number of hydrogen-bond donors (Lipinski definition) is 1. The number of fused-ring (bicyclic) bond motifs is 5. The minimum atomic E-state index is -0.466. The van der Waals surface area contributed by atoms with Crippen LogP contribution in [0.15, 0.2) is 0 Å². The van der Waals surface area contributed by atoms with E-state index >= 15 is 0 Å². The Morgan fingerprint density at radius 3 is 2.31 bits per heavy atom. The van der Waals surface area contributed by atoms with Crippen LogP contribution < -0.4 is 0 Å². The maximum atomic E-state index is 11.0. The molecule has 26 heavy (non-hydrogen) atoms. The Hall–Kier alpha value is 1.32. The van der Waals surface area contributed by atoms with Crippen molar-refractivity contribution < 1.29 is 58.6 Å². The quantitative estimate of drug-likeness (QED) is 0.501. The number of hydrogen-bond acceptors (Lipinski definition) is 3. The second-order valence-electron chi connectivity index (χ2n) is 9.58. The molecule has 1 saturated heterocycles. The Bertz CT molecular complexity index is 464. The van der Waals surface area contributed by atoms with Gasteiger partial charge in [-0.1, -0.05) is 26.7 Å². The number of ether oxygens (including phenoxy) is 2. The van der Waals surface area contributed by atoms with E-state index in [0.717, 1.165) is 68.0 Å². The van der Waals surface area contributed by atoms with Crippen molar-refractivity contribution in [3.8, 4) is 0 Å². The summed E-state index contributed by atoms with van der Waals surface area (Å²) in [6.45, 7) is 8.41. The van der Waals surface area contributed by atoms with Gasteiger partial charge in [-0.25, -0.2) is 0 Å². The van der Waals surface area contributed by atoms with E-state index in [1.165, 1.54) is 32.1 Å². The Morgan fingerprint density at radius 1 is 1.00 bits per heavy atom. The van der Waals surface area contributed by atoms with E-state index in [9.17, 15) is 5.11 Å². The molecule has 0 spiro atoms. The van der Waals surface area contributed by atoms with E-state index in [4.69, 9.17) is 9.47 Å². The van der Waals surface area contributed by atoms with Crippen LogP contribution in [0.5, 0.6) is 0 Å². The second kappa shape index (κ2) is 8.99. The molecule has 2 bridgehead atoms. The van der Waals surface area contributed by atoms with Crippen molar-refractivity contribution in [3.05, 3.63) is 0 Å². The molecule has 4 heteroatoms. The third kappa shape index (κ3) is 3.98. The topological polar surface area (TPSA) is 38.7 Å². The third-order valence-electron chi connectivity index (χ3n) is 8.42. The van der Waals surface area contributed by atoms with Crippen molar-refractivity contribution in [1.29, 1.82) is 0 Å². The molecule has 8 unspecified atom stereocenters. The Balaban J connectivity index is 0.00000196. The molecule has 4 rings (SSSR count). The number of aliphatic hydroxyl groups is 1. The zero-order valence-electron chi connectivity index (χ0n) is 17.0. The molecule has 3 nitrogen and oxygen atoms in total. The minimum Gasteiger partial charge on any atom is -0.393 e. The van der Waals surface area contributed by atoms with E-state index in [1.54, 1.807) is 0 Å². The average Bonchev–Trinajstić information content (AvgIpc) is 3.30. The SMILES string of the molecule is CCC1CC(CC)C2C3CC(CC3C(O)CCC3(C)OCCCO3)C12.[Ac]. The summed E-state index contributed by atoms with van der Waals surface area (Å²) in [4.78, 5) is 0. The van der Waals surface area contributed by atoms with Crippen LogP contribution in [-0.2, 0) is 9.47 Å². The maximum Gasteiger partial charge on any atom is 0.165 e. The van der Waals surface area contributed by atoms with Crippen LogP contribution in [0.2, 0.25) is 0 Å². The first-order valence-electron chi connectivity index (χ1n) is 11.0. The van der Waals surface area contributed by atoms with Gasteiger partial charge in [0, 0.05) is 50.5 Å². The molecule has 1 heterocycles. The molecule has 3 saturated carbocycles. The van der Waals surface area contributed by atoms with Crippen LogP contribution in [0.1, 0.15) is 72.1 Å². The fourth-order valence-electron chi connectivity index (χ4n) is 7.33. The van der Waals surface area contributed by atoms with Gasteiger partial charge in [0.15, 0.2) is 5.79 Å².